The second-order valence-corrected chi connectivity index (χ2v) is 9.43. The van der Waals surface area contributed by atoms with Gasteiger partial charge >= 0.3 is 0 Å². The van der Waals surface area contributed by atoms with Gasteiger partial charge in [-0.2, -0.15) is 8.42 Å². The van der Waals surface area contributed by atoms with Crippen LogP contribution in [0.15, 0.2) is 36.5 Å². The fraction of sp³-hybridized carbons (Fsp3) is 0.727. The monoisotopic (exact) mass is 416 g/mol. The van der Waals surface area contributed by atoms with Gasteiger partial charge in [0.05, 0.1) is 20.6 Å². The lowest BCUT2D eigenvalue weighted by Gasteiger charge is -2.34. The van der Waals surface area contributed by atoms with Crippen LogP contribution in [-0.4, -0.2) is 55.2 Å². The molecular formula is C22H42NO4S+. The van der Waals surface area contributed by atoms with Gasteiger partial charge in [-0.15, -0.1) is 0 Å². The Kier molecular flexibility index (Phi) is 15.4. The summed E-state index contributed by atoms with van der Waals surface area (Å²) in [4.78, 5) is 0. The topological polar surface area (TPSA) is 74.6 Å². The van der Waals surface area contributed by atoms with Crippen molar-refractivity contribution in [1.82, 2.24) is 0 Å². The van der Waals surface area contributed by atoms with Crippen molar-refractivity contribution in [3.05, 3.63) is 36.5 Å². The summed E-state index contributed by atoms with van der Waals surface area (Å²) >= 11 is 0. The molecule has 0 spiro atoms. The van der Waals surface area contributed by atoms with E-state index in [0.717, 1.165) is 44.9 Å². The van der Waals surface area contributed by atoms with Crippen LogP contribution in [0.2, 0.25) is 0 Å². The third-order valence-corrected chi connectivity index (χ3v) is 5.52. The van der Waals surface area contributed by atoms with Gasteiger partial charge in [-0.1, -0.05) is 62.6 Å². The van der Waals surface area contributed by atoms with Crippen LogP contribution < -0.4 is 0 Å². The van der Waals surface area contributed by atoms with Gasteiger partial charge < -0.3 is 9.59 Å². The van der Waals surface area contributed by atoms with Crippen LogP contribution in [0.3, 0.4) is 0 Å². The first-order valence-corrected chi connectivity index (χ1v) is 12.2. The van der Waals surface area contributed by atoms with Crippen molar-refractivity contribution in [3.8, 4) is 0 Å². The molecule has 0 aliphatic carbocycles. The highest BCUT2D eigenvalue weighted by Gasteiger charge is 2.29. The zero-order chi connectivity index (χ0) is 21.3. The Balaban J connectivity index is 3.61. The van der Waals surface area contributed by atoms with E-state index in [1.54, 1.807) is 14.1 Å². The number of hydrogen-bond donors (Lipinski definition) is 2. The highest BCUT2D eigenvalue weighted by Crippen LogP contribution is 2.12. The molecule has 0 saturated carbocycles. The molecule has 2 N–H and O–H groups in total. The zero-order valence-electron chi connectivity index (χ0n) is 18.1. The van der Waals surface area contributed by atoms with Crippen molar-refractivity contribution in [3.63, 3.8) is 0 Å². The molecule has 0 aromatic carbocycles. The minimum Gasteiger partial charge on any atom is -0.344 e. The van der Waals surface area contributed by atoms with E-state index in [2.05, 4.69) is 43.4 Å². The Morgan fingerprint density at radius 2 is 1.32 bits per heavy atom. The minimum absolute atomic E-state index is 0.188. The number of nitrogens with zero attached hydrogens (tertiary/aromatic N) is 1. The molecule has 6 heteroatoms. The van der Waals surface area contributed by atoms with E-state index in [4.69, 9.17) is 4.55 Å². The van der Waals surface area contributed by atoms with Crippen molar-refractivity contribution in [2.45, 2.75) is 77.4 Å². The number of allylic oxidation sites excluding steroid dienone is 6. The summed E-state index contributed by atoms with van der Waals surface area (Å²) in [5.74, 6) is -0.612. The van der Waals surface area contributed by atoms with Crippen LogP contribution in [0.5, 0.6) is 0 Å². The molecule has 0 fully saturated rings. The molecule has 0 amide bonds. The van der Waals surface area contributed by atoms with Crippen LogP contribution in [0.4, 0.5) is 0 Å². The average molecular weight is 417 g/mol. The van der Waals surface area contributed by atoms with Gasteiger partial charge in [-0.3, -0.25) is 4.55 Å². The third kappa shape index (κ3) is 17.2. The molecule has 0 aliphatic heterocycles. The van der Waals surface area contributed by atoms with Gasteiger partial charge in [0.2, 0.25) is 6.23 Å². The lowest BCUT2D eigenvalue weighted by molar-refractivity contribution is -0.933. The molecule has 1 unspecified atom stereocenters. The molecule has 0 aromatic rings. The number of aliphatic hydroxyl groups is 1. The van der Waals surface area contributed by atoms with Gasteiger partial charge in [0.25, 0.3) is 10.1 Å². The molecule has 0 heterocycles. The molecule has 0 radical (unpaired) electrons. The normalized spacial score (nSPS) is 14.6. The van der Waals surface area contributed by atoms with Crippen LogP contribution in [0, 0.1) is 0 Å². The summed E-state index contributed by atoms with van der Waals surface area (Å²) in [6, 6.07) is 0. The predicted octanol–water partition coefficient (Wildman–Crippen LogP) is 4.86. The van der Waals surface area contributed by atoms with E-state index in [0.29, 0.717) is 6.54 Å². The van der Waals surface area contributed by atoms with E-state index in [1.165, 1.54) is 19.3 Å². The number of unbranched alkanes of at least 4 members (excludes halogenated alkanes) is 6. The molecule has 0 saturated heterocycles. The van der Waals surface area contributed by atoms with Crippen LogP contribution in [0.25, 0.3) is 0 Å². The second kappa shape index (κ2) is 15.9. The van der Waals surface area contributed by atoms with E-state index in [-0.39, 0.29) is 4.48 Å². The fourth-order valence-electron chi connectivity index (χ4n) is 2.85. The first-order valence-electron chi connectivity index (χ1n) is 10.6. The lowest BCUT2D eigenvalue weighted by atomic mass is 10.1. The van der Waals surface area contributed by atoms with E-state index >= 15 is 0 Å². The highest BCUT2D eigenvalue weighted by atomic mass is 32.2. The maximum Gasteiger partial charge on any atom is 0.273 e. The maximum atomic E-state index is 10.9. The summed E-state index contributed by atoms with van der Waals surface area (Å²) in [6.45, 7) is 2.84. The quantitative estimate of drug-likeness (QED) is 0.117. The van der Waals surface area contributed by atoms with Crippen LogP contribution in [0.1, 0.15) is 71.1 Å². The summed E-state index contributed by atoms with van der Waals surface area (Å²) in [5.41, 5.74) is 0. The number of hydrogen-bond acceptors (Lipinski definition) is 3. The van der Waals surface area contributed by atoms with Crippen molar-refractivity contribution < 1.29 is 22.6 Å². The number of aliphatic hydroxyl groups excluding tert-OH is 1. The van der Waals surface area contributed by atoms with E-state index in [1.807, 2.05) is 0 Å². The molecular weight excluding hydrogens is 374 g/mol. The standard InChI is InChI=1S/C22H41NO4S/c1-4-5-6-7-8-9-10-11-12-13-14-15-16-17-18-19-20-23(2,3)22(24)21-28(25,26)27/h5-6,8-9,11-12,22,24H,4,7,10,13-21H2,1-3H3/p+1/b6-5+,9-8+,12-11+. The Labute approximate surface area is 173 Å². The Morgan fingerprint density at radius 1 is 0.821 bits per heavy atom. The third-order valence-electron chi connectivity index (χ3n) is 4.80. The molecule has 0 bridgehead atoms. The molecule has 164 valence electrons. The number of rotatable bonds is 17. The predicted molar refractivity (Wildman–Crippen MR) is 119 cm³/mol. The van der Waals surface area contributed by atoms with E-state index < -0.39 is 22.1 Å². The Morgan fingerprint density at radius 3 is 1.89 bits per heavy atom. The molecule has 0 aromatic heterocycles. The van der Waals surface area contributed by atoms with Gasteiger partial charge in [-0.25, -0.2) is 0 Å². The summed E-state index contributed by atoms with van der Waals surface area (Å²) in [6.07, 6.45) is 23.3. The SMILES string of the molecule is CC/C=C/C/C=C/C/C=C/CCCCCCCC[N+](C)(C)C(O)CS(=O)(=O)O. The minimum atomic E-state index is -4.14. The van der Waals surface area contributed by atoms with Gasteiger partial charge in [0.15, 0.2) is 5.75 Å². The van der Waals surface area contributed by atoms with Crippen LogP contribution >= 0.6 is 0 Å². The fourth-order valence-corrected chi connectivity index (χ4v) is 3.63. The van der Waals surface area contributed by atoms with Gasteiger partial charge in [-0.05, 0) is 44.9 Å². The smallest absolute Gasteiger partial charge is 0.273 e. The van der Waals surface area contributed by atoms with Gasteiger partial charge in [0.1, 0.15) is 0 Å². The Bertz CT molecular complexity index is 565. The maximum absolute atomic E-state index is 10.9. The molecule has 1 atom stereocenters. The van der Waals surface area contributed by atoms with Crippen molar-refractivity contribution in [2.75, 3.05) is 26.4 Å². The number of quaternary nitrogens is 1. The first-order chi connectivity index (χ1) is 13.2. The zero-order valence-corrected chi connectivity index (χ0v) is 18.9. The molecule has 0 rings (SSSR count). The van der Waals surface area contributed by atoms with Crippen LogP contribution in [-0.2, 0) is 10.1 Å². The molecule has 28 heavy (non-hydrogen) atoms. The summed E-state index contributed by atoms with van der Waals surface area (Å²) in [5, 5.41) is 9.96. The van der Waals surface area contributed by atoms with Crippen molar-refractivity contribution in [1.29, 1.82) is 0 Å². The van der Waals surface area contributed by atoms with Crippen molar-refractivity contribution >= 4 is 10.1 Å². The highest BCUT2D eigenvalue weighted by molar-refractivity contribution is 7.85. The van der Waals surface area contributed by atoms with Gasteiger partial charge in [0, 0.05) is 0 Å². The molecule has 5 nitrogen and oxygen atoms in total. The summed E-state index contributed by atoms with van der Waals surface area (Å²) < 4.78 is 30.8. The van der Waals surface area contributed by atoms with Crippen molar-refractivity contribution in [2.24, 2.45) is 0 Å². The Hall–Kier alpha value is -0.950. The van der Waals surface area contributed by atoms with E-state index in [9.17, 15) is 13.5 Å². The second-order valence-electron chi connectivity index (χ2n) is 7.94. The lowest BCUT2D eigenvalue weighted by Crippen LogP contribution is -2.52. The summed E-state index contributed by atoms with van der Waals surface area (Å²) in [7, 11) is -0.563. The first kappa shape index (κ1) is 27.0. The molecule has 0 aliphatic rings. The largest absolute Gasteiger partial charge is 0.344 e. The average Bonchev–Trinajstić information content (AvgIpc) is 2.60.